The van der Waals surface area contributed by atoms with E-state index in [0.29, 0.717) is 6.61 Å². The second kappa shape index (κ2) is 6.46. The van der Waals surface area contributed by atoms with E-state index in [1.807, 2.05) is 6.92 Å². The van der Waals surface area contributed by atoms with E-state index in [1.54, 1.807) is 6.92 Å². The van der Waals surface area contributed by atoms with Crippen molar-refractivity contribution in [2.45, 2.75) is 27.2 Å². The lowest BCUT2D eigenvalue weighted by molar-refractivity contribution is -0.160. The Morgan fingerprint density at radius 1 is 1.15 bits per heavy atom. The maximum atomic E-state index is 11.1. The van der Waals surface area contributed by atoms with Crippen LogP contribution in [0.25, 0.3) is 0 Å². The molecule has 1 unspecified atom stereocenters. The van der Waals surface area contributed by atoms with E-state index in [0.717, 1.165) is 6.42 Å². The molecule has 0 spiro atoms. The highest BCUT2D eigenvalue weighted by Crippen LogP contribution is 2.02. The number of hydrogen-bond acceptors (Lipinski definition) is 4. The fourth-order valence-electron chi connectivity index (χ4n) is 0.691. The third-order valence-electron chi connectivity index (χ3n) is 1.44. The second-order valence-corrected chi connectivity index (χ2v) is 2.64. The third kappa shape index (κ3) is 4.50. The van der Waals surface area contributed by atoms with Gasteiger partial charge in [0.05, 0.1) is 13.2 Å². The predicted molar refractivity (Wildman–Crippen MR) is 47.0 cm³/mol. The van der Waals surface area contributed by atoms with Crippen molar-refractivity contribution in [2.24, 2.45) is 5.92 Å². The lowest BCUT2D eigenvalue weighted by atomic mass is 10.2. The summed E-state index contributed by atoms with van der Waals surface area (Å²) in [7, 11) is 0. The van der Waals surface area contributed by atoms with Crippen LogP contribution in [0.5, 0.6) is 0 Å². The number of ether oxygens (including phenoxy) is 2. The summed E-state index contributed by atoms with van der Waals surface area (Å²) in [6, 6.07) is 0. The number of rotatable bonds is 5. The molecule has 0 aromatic heterocycles. The van der Waals surface area contributed by atoms with Crippen molar-refractivity contribution in [3.8, 4) is 0 Å². The van der Waals surface area contributed by atoms with Gasteiger partial charge in [0.15, 0.2) is 5.92 Å². The fraction of sp³-hybridized carbons (Fsp3) is 0.778. The minimum absolute atomic E-state index is 0.282. The Balaban J connectivity index is 3.87. The average molecular weight is 188 g/mol. The largest absolute Gasteiger partial charge is 0.465 e. The van der Waals surface area contributed by atoms with Crippen LogP contribution in [0.2, 0.25) is 0 Å². The van der Waals surface area contributed by atoms with Gasteiger partial charge in [-0.15, -0.1) is 0 Å². The Hall–Kier alpha value is -1.06. The standard InChI is InChI=1S/C9H16O4/c1-4-6-13-9(11)7(3)8(10)12-5-2/h7H,4-6H2,1-3H3. The molecule has 0 aromatic carbocycles. The number of carbonyl (C=O) groups is 2. The van der Waals surface area contributed by atoms with E-state index < -0.39 is 17.9 Å². The van der Waals surface area contributed by atoms with Crippen molar-refractivity contribution in [2.75, 3.05) is 13.2 Å². The molecule has 0 aliphatic rings. The molecule has 0 heterocycles. The molecule has 0 aliphatic carbocycles. The first kappa shape index (κ1) is 11.9. The molecular formula is C9H16O4. The average Bonchev–Trinajstić information content (AvgIpc) is 2.13. The lowest BCUT2D eigenvalue weighted by Gasteiger charge is -2.09. The lowest BCUT2D eigenvalue weighted by Crippen LogP contribution is -2.25. The van der Waals surface area contributed by atoms with E-state index in [1.165, 1.54) is 6.92 Å². The van der Waals surface area contributed by atoms with Gasteiger partial charge in [-0.3, -0.25) is 9.59 Å². The van der Waals surface area contributed by atoms with Gasteiger partial charge in [0.1, 0.15) is 0 Å². The van der Waals surface area contributed by atoms with Gasteiger partial charge in [0.2, 0.25) is 0 Å². The highest BCUT2D eigenvalue weighted by Gasteiger charge is 2.23. The van der Waals surface area contributed by atoms with Crippen molar-refractivity contribution in [3.05, 3.63) is 0 Å². The van der Waals surface area contributed by atoms with Crippen LogP contribution in [0.1, 0.15) is 27.2 Å². The molecule has 0 fully saturated rings. The van der Waals surface area contributed by atoms with Gasteiger partial charge in [-0.1, -0.05) is 6.92 Å². The molecule has 0 aliphatic heterocycles. The van der Waals surface area contributed by atoms with Crippen LogP contribution in [-0.4, -0.2) is 25.2 Å². The molecule has 13 heavy (non-hydrogen) atoms. The van der Waals surface area contributed by atoms with Crippen LogP contribution < -0.4 is 0 Å². The maximum Gasteiger partial charge on any atom is 0.320 e. The van der Waals surface area contributed by atoms with Gasteiger partial charge in [-0.2, -0.15) is 0 Å². The third-order valence-corrected chi connectivity index (χ3v) is 1.44. The van der Waals surface area contributed by atoms with Crippen LogP contribution in [-0.2, 0) is 19.1 Å². The first-order chi connectivity index (χ1) is 6.13. The zero-order valence-electron chi connectivity index (χ0n) is 8.33. The summed E-state index contributed by atoms with van der Waals surface area (Å²) in [5, 5.41) is 0. The number of hydrogen-bond donors (Lipinski definition) is 0. The van der Waals surface area contributed by atoms with E-state index in [9.17, 15) is 9.59 Å². The normalized spacial score (nSPS) is 11.9. The minimum atomic E-state index is -0.813. The van der Waals surface area contributed by atoms with Gasteiger partial charge >= 0.3 is 11.9 Å². The molecule has 0 bridgehead atoms. The quantitative estimate of drug-likeness (QED) is 0.479. The van der Waals surface area contributed by atoms with Gasteiger partial charge in [0.25, 0.3) is 0 Å². The summed E-state index contributed by atoms with van der Waals surface area (Å²) >= 11 is 0. The smallest absolute Gasteiger partial charge is 0.320 e. The summed E-state index contributed by atoms with van der Waals surface area (Å²) < 4.78 is 9.45. The zero-order chi connectivity index (χ0) is 10.3. The Morgan fingerprint density at radius 2 is 1.69 bits per heavy atom. The molecule has 0 amide bonds. The molecule has 76 valence electrons. The fourth-order valence-corrected chi connectivity index (χ4v) is 0.691. The predicted octanol–water partition coefficient (Wildman–Crippen LogP) is 1.14. The van der Waals surface area contributed by atoms with Crippen LogP contribution in [0.15, 0.2) is 0 Å². The van der Waals surface area contributed by atoms with Crippen molar-refractivity contribution in [1.29, 1.82) is 0 Å². The first-order valence-corrected chi connectivity index (χ1v) is 4.46. The topological polar surface area (TPSA) is 52.6 Å². The van der Waals surface area contributed by atoms with Gasteiger partial charge in [-0.25, -0.2) is 0 Å². The summed E-state index contributed by atoms with van der Waals surface area (Å²) in [6.45, 7) is 5.70. The molecule has 0 saturated carbocycles. The van der Waals surface area contributed by atoms with Crippen molar-refractivity contribution >= 4 is 11.9 Å². The molecule has 1 atom stereocenters. The molecule has 0 aromatic rings. The van der Waals surface area contributed by atoms with E-state index in [4.69, 9.17) is 4.74 Å². The SMILES string of the molecule is CCCOC(=O)C(C)C(=O)OCC. The van der Waals surface area contributed by atoms with E-state index in [2.05, 4.69) is 4.74 Å². The number of esters is 2. The Labute approximate surface area is 78.2 Å². The highest BCUT2D eigenvalue weighted by molar-refractivity contribution is 5.94. The monoisotopic (exact) mass is 188 g/mol. The van der Waals surface area contributed by atoms with Gasteiger partial charge < -0.3 is 9.47 Å². The van der Waals surface area contributed by atoms with Crippen molar-refractivity contribution in [3.63, 3.8) is 0 Å². The maximum absolute atomic E-state index is 11.1. The Morgan fingerprint density at radius 3 is 2.15 bits per heavy atom. The molecule has 0 radical (unpaired) electrons. The van der Waals surface area contributed by atoms with Crippen molar-refractivity contribution < 1.29 is 19.1 Å². The Kier molecular flexibility index (Phi) is 5.93. The zero-order valence-corrected chi connectivity index (χ0v) is 8.33. The summed E-state index contributed by atoms with van der Waals surface area (Å²) in [6.07, 6.45) is 0.751. The van der Waals surface area contributed by atoms with E-state index >= 15 is 0 Å². The molecule has 0 rings (SSSR count). The van der Waals surface area contributed by atoms with Crippen molar-refractivity contribution in [1.82, 2.24) is 0 Å². The summed E-state index contributed by atoms with van der Waals surface area (Å²) in [5.41, 5.74) is 0. The molecule has 0 N–H and O–H groups in total. The second-order valence-electron chi connectivity index (χ2n) is 2.64. The molecule has 4 heteroatoms. The highest BCUT2D eigenvalue weighted by atomic mass is 16.6. The molecule has 4 nitrogen and oxygen atoms in total. The molecule has 0 saturated heterocycles. The minimum Gasteiger partial charge on any atom is -0.465 e. The van der Waals surface area contributed by atoms with Crippen LogP contribution >= 0.6 is 0 Å². The van der Waals surface area contributed by atoms with Gasteiger partial charge in [-0.05, 0) is 20.3 Å². The van der Waals surface area contributed by atoms with Gasteiger partial charge in [0, 0.05) is 0 Å². The molecular weight excluding hydrogens is 172 g/mol. The summed E-state index contributed by atoms with van der Waals surface area (Å²) in [4.78, 5) is 22.1. The van der Waals surface area contributed by atoms with Crippen LogP contribution in [0.3, 0.4) is 0 Å². The number of carbonyl (C=O) groups excluding carboxylic acids is 2. The summed E-state index contributed by atoms with van der Waals surface area (Å²) in [5.74, 6) is -1.85. The first-order valence-electron chi connectivity index (χ1n) is 4.46. The van der Waals surface area contributed by atoms with Crippen LogP contribution in [0.4, 0.5) is 0 Å². The van der Waals surface area contributed by atoms with Crippen LogP contribution in [0, 0.1) is 5.92 Å². The Bertz CT molecular complexity index is 176. The van der Waals surface area contributed by atoms with E-state index in [-0.39, 0.29) is 6.61 Å².